The summed E-state index contributed by atoms with van der Waals surface area (Å²) in [5.41, 5.74) is 9.46. The molecule has 2 N–H and O–H groups in total. The summed E-state index contributed by atoms with van der Waals surface area (Å²) in [7, 11) is 0. The first-order valence-corrected chi connectivity index (χ1v) is 34.2. The van der Waals surface area contributed by atoms with Gasteiger partial charge >= 0.3 is 5.97 Å². The van der Waals surface area contributed by atoms with Gasteiger partial charge in [0, 0.05) is 112 Å². The third-order valence-electron chi connectivity index (χ3n) is 16.9. The number of halogens is 6. The summed E-state index contributed by atoms with van der Waals surface area (Å²) in [5, 5.41) is 23.6. The van der Waals surface area contributed by atoms with Crippen LogP contribution < -0.4 is 24.2 Å². The Morgan fingerprint density at radius 3 is 1.11 bits per heavy atom. The van der Waals surface area contributed by atoms with E-state index in [0.717, 1.165) is 106 Å². The number of hydrogen-bond acceptors (Lipinski definition) is 12. The quantitative estimate of drug-likeness (QED) is 0.0754. The highest BCUT2D eigenvalue weighted by molar-refractivity contribution is 6.34. The molecule has 0 unspecified atom stereocenters. The number of aromatic hydroxyl groups is 1. The highest BCUT2D eigenvalue weighted by atomic mass is 35.5. The molecule has 3 aliphatic rings. The Hall–Kier alpha value is -7.17. The molecule has 3 fully saturated rings. The van der Waals surface area contributed by atoms with E-state index < -0.39 is 11.6 Å². The van der Waals surface area contributed by atoms with Gasteiger partial charge in [0.2, 0.25) is 0 Å². The first kappa shape index (κ1) is 70.6. The van der Waals surface area contributed by atoms with Gasteiger partial charge in [0.15, 0.2) is 6.61 Å². The number of phenolic OH excluding ortho intramolecular Hbond substituents is 1. The molecule has 0 saturated carbocycles. The van der Waals surface area contributed by atoms with Gasteiger partial charge in [-0.3, -0.25) is 14.7 Å². The molecule has 3 heterocycles. The van der Waals surface area contributed by atoms with Gasteiger partial charge in [-0.25, -0.2) is 4.79 Å². The van der Waals surface area contributed by atoms with E-state index in [1.165, 1.54) is 33.4 Å². The first-order valence-electron chi connectivity index (χ1n) is 32.0. The van der Waals surface area contributed by atoms with E-state index in [9.17, 15) is 15.0 Å². The van der Waals surface area contributed by atoms with Gasteiger partial charge in [0.05, 0.1) is 62.5 Å². The van der Waals surface area contributed by atoms with Crippen LogP contribution in [-0.4, -0.2) is 115 Å². The van der Waals surface area contributed by atoms with Crippen LogP contribution in [0.4, 0.5) is 17.1 Å². The third-order valence-corrected chi connectivity index (χ3v) is 18.5. The number of aliphatic hydroxyl groups is 1. The predicted octanol–water partition coefficient (Wildman–Crippen LogP) is 18.0. The minimum atomic E-state index is -0.903. The fraction of sp³-hybridized carbons (Fsp3) is 0.286. The van der Waals surface area contributed by atoms with Gasteiger partial charge in [-0.15, -0.1) is 0 Å². The van der Waals surface area contributed by atoms with Crippen LogP contribution in [0.5, 0.6) is 17.2 Å². The molecule has 0 bridgehead atoms. The van der Waals surface area contributed by atoms with Crippen LogP contribution in [0.3, 0.4) is 0 Å². The van der Waals surface area contributed by atoms with Crippen molar-refractivity contribution in [3.05, 3.63) is 282 Å². The summed E-state index contributed by atoms with van der Waals surface area (Å²) in [6.45, 7) is 16.2. The molecule has 9 aromatic carbocycles. The van der Waals surface area contributed by atoms with Crippen molar-refractivity contribution in [1.29, 1.82) is 0 Å². The number of anilines is 3. The summed E-state index contributed by atoms with van der Waals surface area (Å²) in [6, 6.07) is 72.7. The second-order valence-corrected chi connectivity index (χ2v) is 27.0. The molecule has 496 valence electrons. The molecule has 0 amide bonds. The van der Waals surface area contributed by atoms with Gasteiger partial charge in [0.25, 0.3) is 0 Å². The van der Waals surface area contributed by atoms with E-state index in [0.29, 0.717) is 38.2 Å². The lowest BCUT2D eigenvalue weighted by atomic mass is 10.0. The van der Waals surface area contributed by atoms with Crippen LogP contribution in [0.25, 0.3) is 0 Å². The maximum Gasteiger partial charge on any atom is 0.344 e. The fourth-order valence-corrected chi connectivity index (χ4v) is 13.4. The summed E-state index contributed by atoms with van der Waals surface area (Å²) in [4.78, 5) is 26.1. The molecule has 12 nitrogen and oxygen atoms in total. The van der Waals surface area contributed by atoms with Crippen LogP contribution in [0.15, 0.2) is 218 Å². The zero-order chi connectivity index (χ0) is 66.8. The summed E-state index contributed by atoms with van der Waals surface area (Å²) in [6.07, 6.45) is 0. The Labute approximate surface area is 589 Å². The standard InChI is InChI=1S/C27H28Cl2N2O3.C27H30Cl2N2O2.C23H22Cl2N2O/c1-2-33-27(32)19-34-23-12-13-25(24(29)16-23)31-15-14-30(17-20-6-4-3-5-7-20)18-26(31)21-8-10-22(28)11-9-21;1-27(2,32)19-33-23-12-13-25(24(29)16-23)31-15-14-30(17-20-6-4-3-5-7-20)18-26(31)21-8-10-22(28)11-9-21;24-19-8-6-18(7-9-19)23-16-26(15-17-4-2-1-3-5-17)12-13-27(23)22-11-10-20(28)14-21(22)25/h3-13,16,26H,2,14-15,17-19H2,1H3;3-13,16,26,32H,14-15,17-19H2,1-2H3;1-11,14,23,28H,12-13,15-16H2/t2*26-;23-/m000/s1. The Bertz CT molecular complexity index is 3880. The lowest BCUT2D eigenvalue weighted by Crippen LogP contribution is -2.48. The Balaban J connectivity index is 0.000000156. The number of rotatable bonds is 19. The van der Waals surface area contributed by atoms with Gasteiger partial charge in [-0.2, -0.15) is 0 Å². The topological polar surface area (TPSA) is 105 Å². The van der Waals surface area contributed by atoms with Crippen molar-refractivity contribution < 1.29 is 29.2 Å². The van der Waals surface area contributed by atoms with Gasteiger partial charge in [-0.05, 0) is 127 Å². The zero-order valence-electron chi connectivity index (χ0n) is 53.6. The van der Waals surface area contributed by atoms with E-state index in [4.69, 9.17) is 83.8 Å². The normalized spacial score (nSPS) is 17.0. The number of hydrogen-bond donors (Lipinski definition) is 2. The van der Waals surface area contributed by atoms with Crippen LogP contribution >= 0.6 is 69.6 Å². The van der Waals surface area contributed by atoms with Crippen molar-refractivity contribution in [2.75, 3.05) is 93.4 Å². The van der Waals surface area contributed by atoms with E-state index in [1.54, 1.807) is 39.0 Å². The number of carbonyl (C=O) groups excluding carboxylic acids is 1. The SMILES string of the molecule is CC(C)(O)COc1ccc(N2CCN(Cc3ccccc3)C[C@H]2c2ccc(Cl)cc2)c(Cl)c1.CCOC(=O)COc1ccc(N2CCN(Cc3ccccc3)C[C@H]2c2ccc(Cl)cc2)c(Cl)c1.Oc1ccc(N2CCN(Cc3ccccc3)C[C@H]2c2ccc(Cl)cc2)c(Cl)c1. The maximum absolute atomic E-state index is 11.6. The summed E-state index contributed by atoms with van der Waals surface area (Å²) >= 11 is 38.4. The van der Waals surface area contributed by atoms with Crippen molar-refractivity contribution >= 4 is 92.6 Å². The number of ether oxygens (including phenoxy) is 3. The molecule has 12 rings (SSSR count). The number of nitrogens with zero attached hydrogens (tertiary/aromatic N) is 6. The van der Waals surface area contributed by atoms with Gasteiger partial charge in [-0.1, -0.05) is 197 Å². The number of benzene rings is 9. The molecule has 0 spiro atoms. The first-order chi connectivity index (χ1) is 45.9. The second-order valence-electron chi connectivity index (χ2n) is 24.5. The molecule has 9 aromatic rings. The highest BCUT2D eigenvalue weighted by Gasteiger charge is 2.33. The Morgan fingerprint density at radius 2 is 0.779 bits per heavy atom. The minimum absolute atomic E-state index is 0.110. The summed E-state index contributed by atoms with van der Waals surface area (Å²) < 4.78 is 16.2. The molecular formula is C77H80Cl6N6O6. The lowest BCUT2D eigenvalue weighted by molar-refractivity contribution is -0.145. The molecule has 0 aliphatic carbocycles. The van der Waals surface area contributed by atoms with Crippen LogP contribution in [0.1, 0.15) is 72.3 Å². The predicted molar refractivity (Wildman–Crippen MR) is 390 cm³/mol. The average molecular weight is 1400 g/mol. The second kappa shape index (κ2) is 34.2. The van der Waals surface area contributed by atoms with E-state index in [2.05, 4.69) is 145 Å². The molecule has 3 saturated heterocycles. The maximum atomic E-state index is 11.6. The average Bonchev–Trinajstić information content (AvgIpc) is 0.814. The Kier molecular flexibility index (Phi) is 25.4. The van der Waals surface area contributed by atoms with Gasteiger partial charge in [0.1, 0.15) is 23.9 Å². The fourth-order valence-electron chi connectivity index (χ4n) is 12.2. The van der Waals surface area contributed by atoms with E-state index in [1.807, 2.05) is 84.9 Å². The van der Waals surface area contributed by atoms with E-state index in [-0.39, 0.29) is 37.1 Å². The lowest BCUT2D eigenvalue weighted by Gasteiger charge is -2.43. The smallest absolute Gasteiger partial charge is 0.344 e. The van der Waals surface area contributed by atoms with Crippen molar-refractivity contribution in [2.24, 2.45) is 0 Å². The molecule has 0 radical (unpaired) electrons. The van der Waals surface area contributed by atoms with Crippen molar-refractivity contribution in [2.45, 2.75) is 64.1 Å². The van der Waals surface area contributed by atoms with Crippen molar-refractivity contribution in [3.8, 4) is 17.2 Å². The zero-order valence-corrected chi connectivity index (χ0v) is 58.1. The molecule has 0 aromatic heterocycles. The van der Waals surface area contributed by atoms with E-state index >= 15 is 0 Å². The Morgan fingerprint density at radius 1 is 0.442 bits per heavy atom. The largest absolute Gasteiger partial charge is 0.508 e. The minimum Gasteiger partial charge on any atom is -0.508 e. The third kappa shape index (κ3) is 20.4. The molecule has 18 heteroatoms. The monoisotopic (exact) mass is 1390 g/mol. The molecular weight excluding hydrogens is 1320 g/mol. The summed E-state index contributed by atoms with van der Waals surface area (Å²) in [5.74, 6) is 0.962. The number of phenols is 1. The molecule has 3 aliphatic heterocycles. The number of piperazine rings is 3. The molecule has 95 heavy (non-hydrogen) atoms. The van der Waals surface area contributed by atoms with Crippen molar-refractivity contribution in [1.82, 2.24) is 14.7 Å². The highest BCUT2D eigenvalue weighted by Crippen LogP contribution is 2.41. The van der Waals surface area contributed by atoms with Gasteiger partial charge < -0.3 is 39.1 Å². The van der Waals surface area contributed by atoms with Crippen LogP contribution in [0.2, 0.25) is 30.1 Å². The van der Waals surface area contributed by atoms with Crippen LogP contribution in [-0.2, 0) is 29.2 Å². The van der Waals surface area contributed by atoms with Crippen molar-refractivity contribution in [3.63, 3.8) is 0 Å². The number of esters is 1. The van der Waals surface area contributed by atoms with Crippen LogP contribution in [0, 0.1) is 0 Å². The number of carbonyl (C=O) groups is 1. The molecule has 3 atom stereocenters.